The van der Waals surface area contributed by atoms with E-state index in [0.717, 1.165) is 24.3 Å². The summed E-state index contributed by atoms with van der Waals surface area (Å²) in [4.78, 5) is 10.8. The van der Waals surface area contributed by atoms with Gasteiger partial charge in [-0.15, -0.1) is 0 Å². The minimum Gasteiger partial charge on any atom is -0.381 e. The van der Waals surface area contributed by atoms with Crippen molar-refractivity contribution in [3.05, 3.63) is 36.4 Å². The Morgan fingerprint density at radius 3 is 2.31 bits per heavy atom. The van der Waals surface area contributed by atoms with Crippen LogP contribution in [0.1, 0.15) is 20.3 Å². The molecule has 0 radical (unpaired) electrons. The number of anilines is 2. The largest absolute Gasteiger partial charge is 0.381 e. The number of nitrogens with one attached hydrogen (secondary N) is 2. The standard InChI is InChI=1S/C13H18N2O/c1-4-10(2)9-14-12-5-7-13(8-6-12)15-11(3)16/h5-8,14H,2,4,9H2,1,3H3,(H,15,16). The van der Waals surface area contributed by atoms with Gasteiger partial charge in [0.1, 0.15) is 0 Å². The smallest absolute Gasteiger partial charge is 0.221 e. The zero-order valence-corrected chi connectivity index (χ0v) is 9.84. The maximum Gasteiger partial charge on any atom is 0.221 e. The fourth-order valence-electron chi connectivity index (χ4n) is 1.23. The van der Waals surface area contributed by atoms with Crippen LogP contribution in [0.3, 0.4) is 0 Å². The summed E-state index contributed by atoms with van der Waals surface area (Å²) in [6, 6.07) is 7.62. The molecule has 0 aromatic heterocycles. The monoisotopic (exact) mass is 218 g/mol. The summed E-state index contributed by atoms with van der Waals surface area (Å²) in [5.74, 6) is -0.0555. The highest BCUT2D eigenvalue weighted by Crippen LogP contribution is 2.13. The molecule has 0 bridgehead atoms. The first-order valence-corrected chi connectivity index (χ1v) is 5.40. The second-order valence-electron chi connectivity index (χ2n) is 3.72. The Morgan fingerprint density at radius 1 is 1.25 bits per heavy atom. The Balaban J connectivity index is 2.51. The fourth-order valence-corrected chi connectivity index (χ4v) is 1.23. The second kappa shape index (κ2) is 5.95. The summed E-state index contributed by atoms with van der Waals surface area (Å²) < 4.78 is 0. The molecule has 2 N–H and O–H groups in total. The van der Waals surface area contributed by atoms with Gasteiger partial charge in [-0.05, 0) is 30.7 Å². The van der Waals surface area contributed by atoms with Crippen molar-refractivity contribution < 1.29 is 4.79 Å². The second-order valence-corrected chi connectivity index (χ2v) is 3.72. The van der Waals surface area contributed by atoms with Crippen LogP contribution >= 0.6 is 0 Å². The number of carbonyl (C=O) groups is 1. The summed E-state index contributed by atoms with van der Waals surface area (Å²) in [5, 5.41) is 5.99. The van der Waals surface area contributed by atoms with Gasteiger partial charge in [0, 0.05) is 24.8 Å². The summed E-state index contributed by atoms with van der Waals surface area (Å²) in [5.41, 5.74) is 3.02. The van der Waals surface area contributed by atoms with Crippen LogP contribution in [0.25, 0.3) is 0 Å². The normalized spacial score (nSPS) is 9.62. The zero-order valence-electron chi connectivity index (χ0n) is 9.84. The van der Waals surface area contributed by atoms with Crippen LogP contribution in [0, 0.1) is 0 Å². The van der Waals surface area contributed by atoms with Crippen LogP contribution in [-0.4, -0.2) is 12.5 Å². The van der Waals surface area contributed by atoms with E-state index in [0.29, 0.717) is 0 Å². The molecule has 0 aliphatic carbocycles. The van der Waals surface area contributed by atoms with Crippen LogP contribution in [-0.2, 0) is 4.79 Å². The van der Waals surface area contributed by atoms with Crippen molar-refractivity contribution in [2.75, 3.05) is 17.2 Å². The van der Waals surface area contributed by atoms with Crippen LogP contribution < -0.4 is 10.6 Å². The lowest BCUT2D eigenvalue weighted by Gasteiger charge is -2.08. The summed E-state index contributed by atoms with van der Waals surface area (Å²) in [6.07, 6.45) is 0.983. The number of rotatable bonds is 5. The first-order chi connectivity index (χ1) is 7.61. The van der Waals surface area contributed by atoms with E-state index in [4.69, 9.17) is 0 Å². The molecule has 16 heavy (non-hydrogen) atoms. The molecule has 0 spiro atoms. The van der Waals surface area contributed by atoms with Gasteiger partial charge in [-0.25, -0.2) is 0 Å². The number of benzene rings is 1. The van der Waals surface area contributed by atoms with E-state index in [-0.39, 0.29) is 5.91 Å². The highest BCUT2D eigenvalue weighted by atomic mass is 16.1. The van der Waals surface area contributed by atoms with E-state index >= 15 is 0 Å². The molecule has 1 amide bonds. The van der Waals surface area contributed by atoms with Gasteiger partial charge in [0.25, 0.3) is 0 Å². The van der Waals surface area contributed by atoms with Gasteiger partial charge >= 0.3 is 0 Å². The summed E-state index contributed by atoms with van der Waals surface area (Å²) >= 11 is 0. The van der Waals surface area contributed by atoms with E-state index in [2.05, 4.69) is 24.1 Å². The summed E-state index contributed by atoms with van der Waals surface area (Å²) in [7, 11) is 0. The predicted octanol–water partition coefficient (Wildman–Crippen LogP) is 3.02. The van der Waals surface area contributed by atoms with Crippen LogP contribution in [0.15, 0.2) is 36.4 Å². The zero-order chi connectivity index (χ0) is 12.0. The van der Waals surface area contributed by atoms with E-state index in [1.165, 1.54) is 12.5 Å². The third-order valence-corrected chi connectivity index (χ3v) is 2.25. The number of hydrogen-bond acceptors (Lipinski definition) is 2. The topological polar surface area (TPSA) is 41.1 Å². The maximum absolute atomic E-state index is 10.8. The van der Waals surface area contributed by atoms with Gasteiger partial charge in [0.2, 0.25) is 5.91 Å². The maximum atomic E-state index is 10.8. The van der Waals surface area contributed by atoms with E-state index in [1.807, 2.05) is 24.3 Å². The van der Waals surface area contributed by atoms with Crippen molar-refractivity contribution in [1.82, 2.24) is 0 Å². The predicted molar refractivity (Wildman–Crippen MR) is 68.7 cm³/mol. The quantitative estimate of drug-likeness (QED) is 0.746. The molecule has 1 aromatic rings. The Morgan fingerprint density at radius 2 is 1.81 bits per heavy atom. The van der Waals surface area contributed by atoms with Crippen molar-refractivity contribution in [2.24, 2.45) is 0 Å². The molecular weight excluding hydrogens is 200 g/mol. The molecule has 0 heterocycles. The SMILES string of the molecule is C=C(CC)CNc1ccc(NC(C)=O)cc1. The van der Waals surface area contributed by atoms with Gasteiger partial charge in [0.15, 0.2) is 0 Å². The van der Waals surface area contributed by atoms with Gasteiger partial charge in [0.05, 0.1) is 0 Å². The first kappa shape index (κ1) is 12.3. The molecule has 0 unspecified atom stereocenters. The molecule has 3 heteroatoms. The Kier molecular flexibility index (Phi) is 4.58. The Labute approximate surface area is 96.6 Å². The lowest BCUT2D eigenvalue weighted by atomic mass is 10.2. The molecule has 0 aliphatic rings. The van der Waals surface area contributed by atoms with E-state index in [9.17, 15) is 4.79 Å². The van der Waals surface area contributed by atoms with Crippen LogP contribution in [0.4, 0.5) is 11.4 Å². The minimum absolute atomic E-state index is 0.0555. The molecule has 3 nitrogen and oxygen atoms in total. The Bertz CT molecular complexity index is 368. The van der Waals surface area contributed by atoms with Crippen LogP contribution in [0.5, 0.6) is 0 Å². The molecule has 0 saturated heterocycles. The molecule has 1 aromatic carbocycles. The molecule has 0 fully saturated rings. The van der Waals surface area contributed by atoms with Crippen molar-refractivity contribution in [1.29, 1.82) is 0 Å². The first-order valence-electron chi connectivity index (χ1n) is 5.40. The van der Waals surface area contributed by atoms with Crippen molar-refractivity contribution >= 4 is 17.3 Å². The van der Waals surface area contributed by atoms with Gasteiger partial charge in [-0.2, -0.15) is 0 Å². The molecule has 0 saturated carbocycles. The molecule has 1 rings (SSSR count). The van der Waals surface area contributed by atoms with Crippen LogP contribution in [0.2, 0.25) is 0 Å². The van der Waals surface area contributed by atoms with Crippen molar-refractivity contribution in [3.8, 4) is 0 Å². The Hall–Kier alpha value is -1.77. The van der Waals surface area contributed by atoms with Gasteiger partial charge in [-0.1, -0.05) is 19.1 Å². The highest BCUT2D eigenvalue weighted by Gasteiger charge is 1.96. The van der Waals surface area contributed by atoms with Crippen molar-refractivity contribution in [3.63, 3.8) is 0 Å². The lowest BCUT2D eigenvalue weighted by molar-refractivity contribution is -0.114. The number of carbonyl (C=O) groups excluding carboxylic acids is 1. The van der Waals surface area contributed by atoms with Gasteiger partial charge < -0.3 is 10.6 Å². The van der Waals surface area contributed by atoms with E-state index < -0.39 is 0 Å². The van der Waals surface area contributed by atoms with E-state index in [1.54, 1.807) is 0 Å². The average molecular weight is 218 g/mol. The highest BCUT2D eigenvalue weighted by molar-refractivity contribution is 5.88. The average Bonchev–Trinajstić information content (AvgIpc) is 2.27. The minimum atomic E-state index is -0.0555. The fraction of sp³-hybridized carbons (Fsp3) is 0.308. The third-order valence-electron chi connectivity index (χ3n) is 2.25. The lowest BCUT2D eigenvalue weighted by Crippen LogP contribution is -2.06. The van der Waals surface area contributed by atoms with Crippen molar-refractivity contribution in [2.45, 2.75) is 20.3 Å². The molecule has 0 aliphatic heterocycles. The van der Waals surface area contributed by atoms with Gasteiger partial charge in [-0.3, -0.25) is 4.79 Å². The summed E-state index contributed by atoms with van der Waals surface area (Å²) in [6.45, 7) is 8.30. The molecule has 86 valence electrons. The third kappa shape index (κ3) is 4.17. The molecular formula is C13H18N2O. The number of hydrogen-bond donors (Lipinski definition) is 2. The number of amides is 1. The molecule has 0 atom stereocenters.